The number of carbonyl (C=O) groups is 1. The predicted octanol–water partition coefficient (Wildman–Crippen LogP) is 3.51. The monoisotopic (exact) mass is 546 g/mol. The highest BCUT2D eigenvalue weighted by Crippen LogP contribution is 2.32. The minimum atomic E-state index is -0.825. The van der Waals surface area contributed by atoms with Gasteiger partial charge in [-0.3, -0.25) is 18.7 Å². The lowest BCUT2D eigenvalue weighted by Gasteiger charge is -2.13. The van der Waals surface area contributed by atoms with Crippen molar-refractivity contribution in [2.24, 2.45) is 0 Å². The Morgan fingerprint density at radius 1 is 1.16 bits per heavy atom. The van der Waals surface area contributed by atoms with Gasteiger partial charge in [0, 0.05) is 23.3 Å². The molecule has 4 N–H and O–H groups in total. The molecule has 4 rings (SSSR count). The molecule has 13 heteroatoms. The van der Waals surface area contributed by atoms with E-state index in [1.807, 2.05) is 0 Å². The van der Waals surface area contributed by atoms with Gasteiger partial charge in [-0.05, 0) is 36.8 Å². The molecule has 0 aliphatic rings. The molecule has 0 spiro atoms. The number of aliphatic hydroxyl groups is 1. The molecule has 2 heterocycles. The second-order valence-electron chi connectivity index (χ2n) is 8.13. The maximum atomic E-state index is 13.9. The number of halogens is 3. The number of hydrogen-bond donors (Lipinski definition) is 4. The Hall–Kier alpha value is -4.42. The van der Waals surface area contributed by atoms with Crippen LogP contribution in [-0.4, -0.2) is 42.0 Å². The molecule has 0 radical (unpaired) electrons. The normalized spacial score (nSPS) is 11.0. The van der Waals surface area contributed by atoms with Crippen LogP contribution in [0.4, 0.5) is 14.5 Å². The average molecular weight is 547 g/mol. The maximum absolute atomic E-state index is 13.9. The van der Waals surface area contributed by atoms with Crippen LogP contribution in [0.1, 0.15) is 21.5 Å². The molecule has 0 unspecified atom stereocenters. The molecular weight excluding hydrogens is 526 g/mol. The molecule has 10 nitrogen and oxygen atoms in total. The van der Waals surface area contributed by atoms with Crippen molar-refractivity contribution in [1.29, 1.82) is 0 Å². The molecule has 0 bridgehead atoms. The molecule has 0 aliphatic carbocycles. The van der Waals surface area contributed by atoms with Crippen LogP contribution in [0.2, 0.25) is 5.02 Å². The van der Waals surface area contributed by atoms with Crippen molar-refractivity contribution < 1.29 is 33.6 Å². The van der Waals surface area contributed by atoms with Gasteiger partial charge in [-0.1, -0.05) is 17.7 Å². The van der Waals surface area contributed by atoms with Gasteiger partial charge < -0.3 is 25.4 Å². The highest BCUT2D eigenvalue weighted by molar-refractivity contribution is 6.31. The van der Waals surface area contributed by atoms with Crippen LogP contribution in [0.5, 0.6) is 17.6 Å². The third kappa shape index (κ3) is 5.31. The second kappa shape index (κ2) is 10.9. The predicted molar refractivity (Wildman–Crippen MR) is 133 cm³/mol. The first kappa shape index (κ1) is 26.6. The number of ether oxygens (including phenoxy) is 1. The number of hydrogen-bond acceptors (Lipinski definition) is 7. The summed E-state index contributed by atoms with van der Waals surface area (Å²) in [5.41, 5.74) is 0.212. The van der Waals surface area contributed by atoms with Crippen molar-refractivity contribution in [3.8, 4) is 23.3 Å². The van der Waals surface area contributed by atoms with Crippen molar-refractivity contribution >= 4 is 23.2 Å². The second-order valence-corrected chi connectivity index (χ2v) is 8.51. The Morgan fingerprint density at radius 2 is 1.92 bits per heavy atom. The minimum Gasteiger partial charge on any atom is -0.494 e. The number of aromatic hydroxyl groups is 2. The number of aromatic nitrogens is 3. The lowest BCUT2D eigenvalue weighted by atomic mass is 10.1. The molecule has 0 atom stereocenters. The summed E-state index contributed by atoms with van der Waals surface area (Å²) in [6.45, 7) is 0.914. The number of carbonyl (C=O) groups excluding carboxylic acids is 1. The number of amides is 1. The minimum absolute atomic E-state index is 0.0362. The van der Waals surface area contributed by atoms with Crippen LogP contribution in [0.25, 0.3) is 5.69 Å². The number of rotatable bonds is 8. The number of benzene rings is 2. The fourth-order valence-corrected chi connectivity index (χ4v) is 3.81. The zero-order chi connectivity index (χ0) is 27.6. The summed E-state index contributed by atoms with van der Waals surface area (Å²) in [6.07, 6.45) is 1.13. The summed E-state index contributed by atoms with van der Waals surface area (Å²) in [7, 11) is 0. The van der Waals surface area contributed by atoms with Crippen LogP contribution < -0.4 is 15.6 Å². The van der Waals surface area contributed by atoms with E-state index in [2.05, 4.69) is 10.3 Å². The van der Waals surface area contributed by atoms with E-state index in [1.165, 1.54) is 18.2 Å². The number of nitrogens with one attached hydrogen (secondary N) is 1. The van der Waals surface area contributed by atoms with Crippen molar-refractivity contribution in [2.75, 3.05) is 11.9 Å². The van der Waals surface area contributed by atoms with Crippen molar-refractivity contribution in [2.45, 2.75) is 20.1 Å². The third-order valence-corrected chi connectivity index (χ3v) is 5.94. The molecule has 2 aromatic carbocycles. The topological polar surface area (TPSA) is 139 Å². The van der Waals surface area contributed by atoms with E-state index in [1.54, 1.807) is 13.0 Å². The van der Waals surface area contributed by atoms with Gasteiger partial charge in [-0.15, -0.1) is 0 Å². The Bertz CT molecular complexity index is 1590. The summed E-state index contributed by atoms with van der Waals surface area (Å²) in [5, 5.41) is 31.2. The Kier molecular flexibility index (Phi) is 7.65. The Labute approximate surface area is 218 Å². The lowest BCUT2D eigenvalue weighted by molar-refractivity contribution is 0.102. The van der Waals surface area contributed by atoms with E-state index in [0.717, 1.165) is 27.6 Å². The molecule has 198 valence electrons. The highest BCUT2D eigenvalue weighted by Gasteiger charge is 2.19. The summed E-state index contributed by atoms with van der Waals surface area (Å²) in [6, 6.07) is 8.57. The van der Waals surface area contributed by atoms with E-state index in [4.69, 9.17) is 21.4 Å². The molecule has 0 saturated heterocycles. The van der Waals surface area contributed by atoms with Crippen LogP contribution in [0.3, 0.4) is 0 Å². The fourth-order valence-electron chi connectivity index (χ4n) is 3.62. The first-order chi connectivity index (χ1) is 18.1. The van der Waals surface area contributed by atoms with Crippen LogP contribution in [0, 0.1) is 18.6 Å². The molecule has 2 aromatic heterocycles. The van der Waals surface area contributed by atoms with E-state index in [9.17, 15) is 28.6 Å². The van der Waals surface area contributed by atoms with Gasteiger partial charge in [0.1, 0.15) is 30.3 Å². The van der Waals surface area contributed by atoms with Gasteiger partial charge in [0.25, 0.3) is 11.5 Å². The van der Waals surface area contributed by atoms with Gasteiger partial charge >= 0.3 is 0 Å². The largest absolute Gasteiger partial charge is 0.494 e. The van der Waals surface area contributed by atoms with E-state index in [-0.39, 0.29) is 54.0 Å². The van der Waals surface area contributed by atoms with Crippen molar-refractivity contribution in [3.05, 3.63) is 92.5 Å². The Balaban J connectivity index is 1.58. The molecule has 0 saturated carbocycles. The lowest BCUT2D eigenvalue weighted by Crippen LogP contribution is -2.22. The van der Waals surface area contributed by atoms with Crippen LogP contribution >= 0.6 is 11.6 Å². The summed E-state index contributed by atoms with van der Waals surface area (Å²) in [4.78, 5) is 29.9. The standard InChI is InChI=1S/C25H21ClF2N4O6/c1-13-2-3-14(22(35)30-18-10-20(34)31(6-7-33)24(18)36)8-19(13)32-12-29-23(21(26)25(32)37)38-11-15-4-5-16(27)9-17(15)28/h2-5,8-10,12,33-34,36H,6-7,11H2,1H3,(H,30,35). The van der Waals surface area contributed by atoms with Gasteiger partial charge in [0.2, 0.25) is 11.8 Å². The van der Waals surface area contributed by atoms with Gasteiger partial charge in [0.15, 0.2) is 10.9 Å². The molecule has 0 fully saturated rings. The smallest absolute Gasteiger partial charge is 0.280 e. The van der Waals surface area contributed by atoms with Crippen LogP contribution in [-0.2, 0) is 13.2 Å². The van der Waals surface area contributed by atoms with E-state index >= 15 is 0 Å². The number of aryl methyl sites for hydroxylation is 1. The Morgan fingerprint density at radius 3 is 2.63 bits per heavy atom. The van der Waals surface area contributed by atoms with E-state index in [0.29, 0.717) is 11.6 Å². The van der Waals surface area contributed by atoms with Gasteiger partial charge in [-0.2, -0.15) is 0 Å². The van der Waals surface area contributed by atoms with Crippen molar-refractivity contribution in [1.82, 2.24) is 14.1 Å². The summed E-state index contributed by atoms with van der Waals surface area (Å²) < 4.78 is 34.5. The molecule has 1 amide bonds. The number of nitrogens with zero attached hydrogens (tertiary/aromatic N) is 3. The number of anilines is 1. The quantitative estimate of drug-likeness (QED) is 0.265. The summed E-state index contributed by atoms with van der Waals surface area (Å²) in [5.74, 6) is -3.28. The molecule has 4 aromatic rings. The SMILES string of the molecule is Cc1ccc(C(=O)Nc2cc(O)n(CCO)c2O)cc1-n1cnc(OCc2ccc(F)cc2F)c(Cl)c1=O. The van der Waals surface area contributed by atoms with Gasteiger partial charge in [0.05, 0.1) is 18.8 Å². The first-order valence-corrected chi connectivity index (χ1v) is 11.5. The zero-order valence-electron chi connectivity index (χ0n) is 19.8. The zero-order valence-corrected chi connectivity index (χ0v) is 20.5. The van der Waals surface area contributed by atoms with Crippen LogP contribution in [0.15, 0.2) is 53.6 Å². The van der Waals surface area contributed by atoms with E-state index < -0.39 is 34.0 Å². The maximum Gasteiger partial charge on any atom is 0.280 e. The number of aliphatic hydroxyl groups excluding tert-OH is 1. The molecule has 0 aliphatic heterocycles. The van der Waals surface area contributed by atoms with Gasteiger partial charge in [-0.25, -0.2) is 13.8 Å². The highest BCUT2D eigenvalue weighted by atomic mass is 35.5. The van der Waals surface area contributed by atoms with Crippen molar-refractivity contribution in [3.63, 3.8) is 0 Å². The molecule has 38 heavy (non-hydrogen) atoms. The average Bonchev–Trinajstić information content (AvgIpc) is 3.14. The third-order valence-electron chi connectivity index (χ3n) is 5.61. The fraction of sp³-hybridized carbons (Fsp3) is 0.160. The molecular formula is C25H21ClF2N4O6. The summed E-state index contributed by atoms with van der Waals surface area (Å²) >= 11 is 6.18. The first-order valence-electron chi connectivity index (χ1n) is 11.1.